The fourth-order valence-electron chi connectivity index (χ4n) is 3.57. The number of nitrogens with one attached hydrogen (secondary N) is 1. The van der Waals surface area contributed by atoms with E-state index < -0.39 is 23.7 Å². The summed E-state index contributed by atoms with van der Waals surface area (Å²) in [6.07, 6.45) is -2.98. The summed E-state index contributed by atoms with van der Waals surface area (Å²) in [6, 6.07) is 2.48. The molecule has 3 rings (SSSR count). The number of hydrogen-bond donors (Lipinski definition) is 2. The predicted molar refractivity (Wildman–Crippen MR) is 93.3 cm³/mol. The molecule has 0 saturated carbocycles. The molecule has 1 atom stereocenters. The molecule has 2 aliphatic rings. The van der Waals surface area contributed by atoms with Gasteiger partial charge in [-0.2, -0.15) is 13.2 Å². The fourth-order valence-corrected chi connectivity index (χ4v) is 3.57. The molecule has 6 nitrogen and oxygen atoms in total. The van der Waals surface area contributed by atoms with E-state index in [1.165, 1.54) is 11.0 Å². The number of piperidine rings is 1. The molecule has 0 bridgehead atoms. The number of halogens is 3. The van der Waals surface area contributed by atoms with Crippen LogP contribution in [0, 0.1) is 5.92 Å². The Morgan fingerprint density at radius 2 is 2.00 bits per heavy atom. The molecular weight excluding hydrogens is 363 g/mol. The topological polar surface area (TPSA) is 72.9 Å². The molecule has 27 heavy (non-hydrogen) atoms. The minimum atomic E-state index is -4.53. The minimum absolute atomic E-state index is 0.0133. The van der Waals surface area contributed by atoms with Gasteiger partial charge in [0.1, 0.15) is 6.54 Å². The summed E-state index contributed by atoms with van der Waals surface area (Å²) < 4.78 is 38.8. The molecule has 1 aromatic carbocycles. The summed E-state index contributed by atoms with van der Waals surface area (Å²) in [5.41, 5.74) is -0.625. The summed E-state index contributed by atoms with van der Waals surface area (Å²) in [7, 11) is 0. The number of aliphatic hydroxyl groups is 1. The highest BCUT2D eigenvalue weighted by Crippen LogP contribution is 2.37. The molecule has 1 fully saturated rings. The van der Waals surface area contributed by atoms with Crippen LogP contribution in [0.4, 0.5) is 24.5 Å². The van der Waals surface area contributed by atoms with Crippen molar-refractivity contribution in [2.45, 2.75) is 32.0 Å². The second kappa shape index (κ2) is 7.47. The lowest BCUT2D eigenvalue weighted by Gasteiger charge is -2.38. The maximum Gasteiger partial charge on any atom is 0.416 e. The van der Waals surface area contributed by atoms with Crippen molar-refractivity contribution in [1.82, 2.24) is 4.90 Å². The van der Waals surface area contributed by atoms with Crippen molar-refractivity contribution in [2.24, 2.45) is 5.92 Å². The predicted octanol–water partition coefficient (Wildman–Crippen LogP) is 2.08. The van der Waals surface area contributed by atoms with Crippen molar-refractivity contribution in [3.63, 3.8) is 0 Å². The quantitative estimate of drug-likeness (QED) is 0.836. The van der Waals surface area contributed by atoms with Gasteiger partial charge in [0.25, 0.3) is 0 Å². The first-order valence-electron chi connectivity index (χ1n) is 8.88. The van der Waals surface area contributed by atoms with Gasteiger partial charge in [-0.15, -0.1) is 0 Å². The van der Waals surface area contributed by atoms with Crippen LogP contribution in [0.25, 0.3) is 0 Å². The molecule has 2 heterocycles. The average molecular weight is 385 g/mol. The van der Waals surface area contributed by atoms with Gasteiger partial charge in [0, 0.05) is 6.61 Å². The van der Waals surface area contributed by atoms with E-state index in [1.807, 2.05) is 4.90 Å². The number of rotatable bonds is 3. The van der Waals surface area contributed by atoms with Crippen molar-refractivity contribution in [1.29, 1.82) is 0 Å². The summed E-state index contributed by atoms with van der Waals surface area (Å²) in [5.74, 6) is -0.625. The minimum Gasteiger partial charge on any atom is -0.396 e. The van der Waals surface area contributed by atoms with E-state index in [2.05, 4.69) is 5.32 Å². The van der Waals surface area contributed by atoms with Gasteiger partial charge in [0.2, 0.25) is 11.8 Å². The third-order valence-electron chi connectivity index (χ3n) is 5.27. The first-order chi connectivity index (χ1) is 12.7. The molecule has 0 radical (unpaired) electrons. The van der Waals surface area contributed by atoms with Crippen LogP contribution in [0.1, 0.15) is 25.3 Å². The molecule has 2 N–H and O–H groups in total. The van der Waals surface area contributed by atoms with Gasteiger partial charge >= 0.3 is 6.18 Å². The zero-order valence-corrected chi connectivity index (χ0v) is 14.9. The molecule has 1 unspecified atom stereocenters. The summed E-state index contributed by atoms with van der Waals surface area (Å²) in [5, 5.41) is 11.6. The van der Waals surface area contributed by atoms with Crippen LogP contribution >= 0.6 is 0 Å². The Morgan fingerprint density at radius 1 is 1.33 bits per heavy atom. The number of nitrogens with zero attached hydrogens (tertiary/aromatic N) is 2. The van der Waals surface area contributed by atoms with Crippen LogP contribution in [0.15, 0.2) is 18.2 Å². The van der Waals surface area contributed by atoms with Crippen LogP contribution in [0.2, 0.25) is 0 Å². The number of carbonyl (C=O) groups excluding carboxylic acids is 2. The lowest BCUT2D eigenvalue weighted by molar-refractivity contribution is -0.137. The van der Waals surface area contributed by atoms with Crippen LogP contribution in [-0.2, 0) is 15.8 Å². The molecule has 0 aliphatic carbocycles. The van der Waals surface area contributed by atoms with E-state index in [4.69, 9.17) is 0 Å². The normalized spacial score (nSPS) is 20.2. The highest BCUT2D eigenvalue weighted by molar-refractivity contribution is 6.11. The van der Waals surface area contributed by atoms with Crippen molar-refractivity contribution < 1.29 is 27.9 Å². The van der Waals surface area contributed by atoms with Gasteiger partial charge < -0.3 is 10.4 Å². The third kappa shape index (κ3) is 4.08. The second-order valence-corrected chi connectivity index (χ2v) is 7.04. The molecule has 0 spiro atoms. The molecule has 1 saturated heterocycles. The molecule has 2 aliphatic heterocycles. The van der Waals surface area contributed by atoms with Gasteiger partial charge in [0.05, 0.1) is 23.0 Å². The number of aliphatic hydroxyl groups excluding tert-OH is 1. The maximum absolute atomic E-state index is 13.0. The monoisotopic (exact) mass is 385 g/mol. The zero-order valence-electron chi connectivity index (χ0n) is 14.9. The van der Waals surface area contributed by atoms with Gasteiger partial charge in [-0.1, -0.05) is 0 Å². The standard InChI is InChI=1S/C18H22F3N3O3/c1-11(23-6-4-12(10-25)5-7-23)17(27)24-9-16(26)22-14-8-13(18(19,20)21)2-3-15(14)24/h2-3,8,11-12,25H,4-7,9-10H2,1H3,(H,22,26). The van der Waals surface area contributed by atoms with Crippen molar-refractivity contribution in [2.75, 3.05) is 36.5 Å². The Hall–Kier alpha value is -2.13. The number of fused-ring (bicyclic) bond motifs is 1. The van der Waals surface area contributed by atoms with Crippen LogP contribution < -0.4 is 10.2 Å². The van der Waals surface area contributed by atoms with E-state index >= 15 is 0 Å². The third-order valence-corrected chi connectivity index (χ3v) is 5.27. The molecule has 148 valence electrons. The van der Waals surface area contributed by atoms with Gasteiger partial charge in [0.15, 0.2) is 0 Å². The highest BCUT2D eigenvalue weighted by Gasteiger charge is 2.36. The van der Waals surface area contributed by atoms with E-state index in [0.29, 0.717) is 13.1 Å². The molecule has 0 aromatic heterocycles. The Labute approximate surface area is 154 Å². The SMILES string of the molecule is CC(C(=O)N1CC(=O)Nc2cc(C(F)(F)F)ccc21)N1CCC(CO)CC1. The second-order valence-electron chi connectivity index (χ2n) is 7.04. The molecular formula is C18H22F3N3O3. The molecule has 2 amide bonds. The maximum atomic E-state index is 13.0. The smallest absolute Gasteiger partial charge is 0.396 e. The Bertz CT molecular complexity index is 730. The number of carbonyl (C=O) groups is 2. The van der Waals surface area contributed by atoms with Crippen LogP contribution in [-0.4, -0.2) is 54.1 Å². The summed E-state index contributed by atoms with van der Waals surface area (Å²) >= 11 is 0. The number of likely N-dealkylation sites (tertiary alicyclic amines) is 1. The van der Waals surface area contributed by atoms with Gasteiger partial charge in [-0.3, -0.25) is 19.4 Å². The van der Waals surface area contributed by atoms with Gasteiger partial charge in [-0.25, -0.2) is 0 Å². The molecule has 1 aromatic rings. The van der Waals surface area contributed by atoms with Crippen molar-refractivity contribution in [3.8, 4) is 0 Å². The number of anilines is 2. The summed E-state index contributed by atoms with van der Waals surface area (Å²) in [6.45, 7) is 2.93. The summed E-state index contributed by atoms with van der Waals surface area (Å²) in [4.78, 5) is 28.1. The first kappa shape index (κ1) is 19.6. The van der Waals surface area contributed by atoms with E-state index in [1.54, 1.807) is 6.92 Å². The number of amides is 2. The Morgan fingerprint density at radius 3 is 2.59 bits per heavy atom. The van der Waals surface area contributed by atoms with Crippen molar-refractivity contribution >= 4 is 23.2 Å². The highest BCUT2D eigenvalue weighted by atomic mass is 19.4. The van der Waals surface area contributed by atoms with E-state index in [9.17, 15) is 27.9 Å². The van der Waals surface area contributed by atoms with Crippen LogP contribution in [0.5, 0.6) is 0 Å². The number of alkyl halides is 3. The number of benzene rings is 1. The first-order valence-corrected chi connectivity index (χ1v) is 8.88. The number of hydrogen-bond acceptors (Lipinski definition) is 4. The van der Waals surface area contributed by atoms with Crippen LogP contribution in [0.3, 0.4) is 0 Å². The molecule has 9 heteroatoms. The Kier molecular flexibility index (Phi) is 5.43. The zero-order chi connectivity index (χ0) is 19.8. The fraction of sp³-hybridized carbons (Fsp3) is 0.556. The largest absolute Gasteiger partial charge is 0.416 e. The van der Waals surface area contributed by atoms with Gasteiger partial charge in [-0.05, 0) is 57.0 Å². The van der Waals surface area contributed by atoms with E-state index in [-0.39, 0.29) is 36.4 Å². The average Bonchev–Trinajstić information content (AvgIpc) is 2.65. The van der Waals surface area contributed by atoms with E-state index in [0.717, 1.165) is 25.0 Å². The lowest BCUT2D eigenvalue weighted by atomic mass is 9.96. The Balaban J connectivity index is 1.81. The van der Waals surface area contributed by atoms with Crippen molar-refractivity contribution in [3.05, 3.63) is 23.8 Å². The lowest BCUT2D eigenvalue weighted by Crippen LogP contribution is -2.53.